The van der Waals surface area contributed by atoms with Gasteiger partial charge in [0, 0.05) is 6.04 Å². The molecule has 0 fully saturated rings. The fourth-order valence-corrected chi connectivity index (χ4v) is 1.98. The molecule has 2 rings (SSSR count). The van der Waals surface area contributed by atoms with E-state index >= 15 is 0 Å². The fourth-order valence-electron chi connectivity index (χ4n) is 1.98. The number of rotatable bonds is 5. The molecule has 0 saturated carbocycles. The summed E-state index contributed by atoms with van der Waals surface area (Å²) in [6.45, 7) is 2.08. The van der Waals surface area contributed by atoms with Gasteiger partial charge in [-0.1, -0.05) is 12.1 Å². The van der Waals surface area contributed by atoms with Crippen LogP contribution < -0.4 is 10.5 Å². The van der Waals surface area contributed by atoms with E-state index in [1.54, 1.807) is 18.2 Å². The number of hydrogen-bond donors (Lipinski definition) is 1. The quantitative estimate of drug-likeness (QED) is 0.908. The lowest BCUT2D eigenvalue weighted by molar-refractivity contribution is 0.301. The van der Waals surface area contributed by atoms with Crippen molar-refractivity contribution in [2.75, 3.05) is 0 Å². The van der Waals surface area contributed by atoms with Crippen molar-refractivity contribution in [2.45, 2.75) is 26.0 Å². The molecule has 2 N–H and O–H groups in total. The maximum absolute atomic E-state index is 13.3. The summed E-state index contributed by atoms with van der Waals surface area (Å²) < 4.78 is 32.0. The molecular formula is C16H17F2NO. The Balaban J connectivity index is 2.12. The van der Waals surface area contributed by atoms with Crippen LogP contribution in [0.5, 0.6) is 5.75 Å². The van der Waals surface area contributed by atoms with Crippen LogP contribution >= 0.6 is 0 Å². The zero-order valence-corrected chi connectivity index (χ0v) is 11.3. The Bertz CT molecular complexity index is 584. The average molecular weight is 277 g/mol. The zero-order chi connectivity index (χ0) is 14.5. The summed E-state index contributed by atoms with van der Waals surface area (Å²) in [7, 11) is 0. The lowest BCUT2D eigenvalue weighted by atomic mass is 10.1. The number of nitrogens with two attached hydrogens (primary N) is 1. The molecule has 0 aliphatic heterocycles. The van der Waals surface area contributed by atoms with E-state index < -0.39 is 0 Å². The first-order valence-corrected chi connectivity index (χ1v) is 6.46. The minimum atomic E-state index is -0.321. The van der Waals surface area contributed by atoms with E-state index in [-0.39, 0.29) is 24.3 Å². The number of benzene rings is 2. The van der Waals surface area contributed by atoms with E-state index in [4.69, 9.17) is 10.5 Å². The van der Waals surface area contributed by atoms with Crippen LogP contribution in [-0.4, -0.2) is 6.04 Å². The van der Waals surface area contributed by atoms with E-state index in [1.165, 1.54) is 24.3 Å². The maximum atomic E-state index is 13.3. The molecule has 2 aromatic carbocycles. The Labute approximate surface area is 117 Å². The highest BCUT2D eigenvalue weighted by Gasteiger charge is 2.08. The van der Waals surface area contributed by atoms with Gasteiger partial charge in [0.25, 0.3) is 0 Å². The molecular weight excluding hydrogens is 260 g/mol. The molecule has 2 nitrogen and oxygen atoms in total. The lowest BCUT2D eigenvalue weighted by Crippen LogP contribution is -2.18. The minimum Gasteiger partial charge on any atom is -0.489 e. The summed E-state index contributed by atoms with van der Waals surface area (Å²) in [6, 6.07) is 10.4. The standard InChI is InChI=1S/C16H17F2NO/c1-11(19)7-13-9-15(18)5-6-16(13)20-10-12-3-2-4-14(17)8-12/h2-6,8-9,11H,7,10,19H2,1H3. The Morgan fingerprint density at radius 2 is 1.85 bits per heavy atom. The van der Waals surface area contributed by atoms with Crippen molar-refractivity contribution in [3.8, 4) is 5.75 Å². The monoisotopic (exact) mass is 277 g/mol. The van der Waals surface area contributed by atoms with Gasteiger partial charge in [0.2, 0.25) is 0 Å². The van der Waals surface area contributed by atoms with Crippen LogP contribution in [0.1, 0.15) is 18.1 Å². The molecule has 0 aliphatic carbocycles. The SMILES string of the molecule is CC(N)Cc1cc(F)ccc1OCc1cccc(F)c1. The minimum absolute atomic E-state index is 0.0895. The van der Waals surface area contributed by atoms with Gasteiger partial charge >= 0.3 is 0 Å². The highest BCUT2D eigenvalue weighted by molar-refractivity contribution is 5.35. The van der Waals surface area contributed by atoms with E-state index in [0.717, 1.165) is 11.1 Å². The Morgan fingerprint density at radius 3 is 2.55 bits per heavy atom. The van der Waals surface area contributed by atoms with Crippen molar-refractivity contribution >= 4 is 0 Å². The molecule has 0 amide bonds. The van der Waals surface area contributed by atoms with Crippen molar-refractivity contribution in [1.82, 2.24) is 0 Å². The zero-order valence-electron chi connectivity index (χ0n) is 11.3. The second-order valence-electron chi connectivity index (χ2n) is 4.85. The summed E-state index contributed by atoms with van der Waals surface area (Å²) >= 11 is 0. The summed E-state index contributed by atoms with van der Waals surface area (Å²) in [5, 5.41) is 0. The van der Waals surface area contributed by atoms with Gasteiger partial charge in [0.15, 0.2) is 0 Å². The summed E-state index contributed by atoms with van der Waals surface area (Å²) in [5.74, 6) is -0.0484. The molecule has 0 heterocycles. The fraction of sp³-hybridized carbons (Fsp3) is 0.250. The predicted molar refractivity (Wildman–Crippen MR) is 74.5 cm³/mol. The van der Waals surface area contributed by atoms with Gasteiger partial charge in [-0.25, -0.2) is 8.78 Å². The van der Waals surface area contributed by atoms with Gasteiger partial charge in [-0.3, -0.25) is 0 Å². The Morgan fingerprint density at radius 1 is 1.10 bits per heavy atom. The maximum Gasteiger partial charge on any atom is 0.123 e. The molecule has 2 aromatic rings. The largest absolute Gasteiger partial charge is 0.489 e. The smallest absolute Gasteiger partial charge is 0.123 e. The summed E-state index contributed by atoms with van der Waals surface area (Å²) in [6.07, 6.45) is 0.524. The van der Waals surface area contributed by atoms with E-state index in [0.29, 0.717) is 12.2 Å². The molecule has 20 heavy (non-hydrogen) atoms. The van der Waals surface area contributed by atoms with Gasteiger partial charge in [-0.2, -0.15) is 0 Å². The molecule has 0 bridgehead atoms. The van der Waals surface area contributed by atoms with Crippen LogP contribution in [0.15, 0.2) is 42.5 Å². The summed E-state index contributed by atoms with van der Waals surface area (Å²) in [5.41, 5.74) is 7.19. The van der Waals surface area contributed by atoms with Gasteiger partial charge < -0.3 is 10.5 Å². The van der Waals surface area contributed by atoms with Crippen LogP contribution in [0.3, 0.4) is 0 Å². The highest BCUT2D eigenvalue weighted by Crippen LogP contribution is 2.22. The van der Waals surface area contributed by atoms with E-state index in [2.05, 4.69) is 0 Å². The second-order valence-corrected chi connectivity index (χ2v) is 4.85. The Hall–Kier alpha value is -1.94. The number of halogens is 2. The second kappa shape index (κ2) is 6.48. The molecule has 1 atom stereocenters. The highest BCUT2D eigenvalue weighted by atomic mass is 19.1. The normalized spacial score (nSPS) is 12.2. The molecule has 4 heteroatoms. The average Bonchev–Trinajstić information content (AvgIpc) is 2.37. The van der Waals surface area contributed by atoms with Crippen molar-refractivity contribution in [1.29, 1.82) is 0 Å². The topological polar surface area (TPSA) is 35.2 Å². The third kappa shape index (κ3) is 4.03. The number of hydrogen-bond acceptors (Lipinski definition) is 2. The first kappa shape index (κ1) is 14.5. The molecule has 0 radical (unpaired) electrons. The van der Waals surface area contributed by atoms with Crippen molar-refractivity contribution in [3.63, 3.8) is 0 Å². The molecule has 0 spiro atoms. The van der Waals surface area contributed by atoms with Crippen molar-refractivity contribution in [3.05, 3.63) is 65.2 Å². The first-order chi connectivity index (χ1) is 9.54. The Kier molecular flexibility index (Phi) is 4.69. The molecule has 0 aliphatic rings. The van der Waals surface area contributed by atoms with Crippen LogP contribution in [-0.2, 0) is 13.0 Å². The van der Waals surface area contributed by atoms with Crippen LogP contribution in [0.25, 0.3) is 0 Å². The first-order valence-electron chi connectivity index (χ1n) is 6.46. The van der Waals surface area contributed by atoms with Gasteiger partial charge in [0.1, 0.15) is 24.0 Å². The third-order valence-corrected chi connectivity index (χ3v) is 2.85. The van der Waals surface area contributed by atoms with E-state index in [9.17, 15) is 8.78 Å². The van der Waals surface area contributed by atoms with Crippen LogP contribution in [0.2, 0.25) is 0 Å². The molecule has 106 valence electrons. The number of ether oxygens (including phenoxy) is 1. The predicted octanol–water partition coefficient (Wildman–Crippen LogP) is 3.43. The molecule has 0 saturated heterocycles. The molecule has 1 unspecified atom stereocenters. The van der Waals surface area contributed by atoms with E-state index in [1.807, 2.05) is 6.92 Å². The third-order valence-electron chi connectivity index (χ3n) is 2.85. The van der Waals surface area contributed by atoms with Gasteiger partial charge in [-0.15, -0.1) is 0 Å². The summed E-state index contributed by atoms with van der Waals surface area (Å²) in [4.78, 5) is 0. The lowest BCUT2D eigenvalue weighted by Gasteiger charge is -2.13. The van der Waals surface area contributed by atoms with Crippen LogP contribution in [0, 0.1) is 11.6 Å². The van der Waals surface area contributed by atoms with Crippen LogP contribution in [0.4, 0.5) is 8.78 Å². The van der Waals surface area contributed by atoms with Crippen molar-refractivity contribution < 1.29 is 13.5 Å². The molecule has 0 aromatic heterocycles. The van der Waals surface area contributed by atoms with Crippen molar-refractivity contribution in [2.24, 2.45) is 5.73 Å². The van der Waals surface area contributed by atoms with Gasteiger partial charge in [0.05, 0.1) is 0 Å². The van der Waals surface area contributed by atoms with Gasteiger partial charge in [-0.05, 0) is 54.8 Å².